The average Bonchev–Trinajstić information content (AvgIpc) is 2.87. The lowest BCUT2D eigenvalue weighted by atomic mass is 10.1. The molecule has 96 valence electrons. The number of rotatable bonds is 4. The van der Waals surface area contributed by atoms with Crippen LogP contribution in [0.1, 0.15) is 35.2 Å². The van der Waals surface area contributed by atoms with Gasteiger partial charge in [-0.05, 0) is 25.0 Å². The predicted octanol–water partition coefficient (Wildman–Crippen LogP) is 2.89. The highest BCUT2D eigenvalue weighted by atomic mass is 32.1. The van der Waals surface area contributed by atoms with Crippen molar-refractivity contribution in [3.63, 3.8) is 0 Å². The molecule has 0 aliphatic carbocycles. The molecule has 1 amide bonds. The van der Waals surface area contributed by atoms with Crippen molar-refractivity contribution in [1.29, 1.82) is 0 Å². The smallest absolute Gasteiger partial charge is 0.293 e. The molecule has 0 bridgehead atoms. The maximum Gasteiger partial charge on any atom is 0.293 e. The normalized spacial score (nSPS) is 10.9. The van der Waals surface area contributed by atoms with Crippen LogP contribution in [0.25, 0.3) is 0 Å². The van der Waals surface area contributed by atoms with Crippen molar-refractivity contribution in [1.82, 2.24) is 10.2 Å². The molecule has 0 aromatic carbocycles. The molecule has 0 aliphatic heterocycles. The van der Waals surface area contributed by atoms with Crippen LogP contribution in [-0.2, 0) is 6.42 Å². The molecule has 2 rings (SSSR count). The fourth-order valence-corrected chi connectivity index (χ4v) is 2.40. The van der Waals surface area contributed by atoms with Gasteiger partial charge in [-0.1, -0.05) is 25.2 Å². The molecule has 0 aliphatic rings. The molecule has 2 heterocycles. The van der Waals surface area contributed by atoms with Crippen LogP contribution in [0.4, 0.5) is 5.13 Å². The molecular weight excluding hydrogens is 250 g/mol. The van der Waals surface area contributed by atoms with E-state index in [1.165, 1.54) is 11.3 Å². The molecule has 0 saturated heterocycles. The Morgan fingerprint density at radius 3 is 2.83 bits per heavy atom. The molecule has 0 atom stereocenters. The first-order valence-corrected chi connectivity index (χ1v) is 6.56. The van der Waals surface area contributed by atoms with Crippen LogP contribution in [0.5, 0.6) is 0 Å². The molecule has 2 aromatic rings. The van der Waals surface area contributed by atoms with Crippen molar-refractivity contribution in [2.45, 2.75) is 27.2 Å². The third-order valence-electron chi connectivity index (χ3n) is 2.23. The standard InChI is InChI=1S/C12H15N3O2S/c1-7(2)6-10-14-15-12(18-10)13-11(16)9-5-4-8(3)17-9/h4-5,7H,6H2,1-3H3,(H,13,15,16). The Morgan fingerprint density at radius 2 is 2.22 bits per heavy atom. The van der Waals surface area contributed by atoms with Gasteiger partial charge in [-0.25, -0.2) is 0 Å². The number of carbonyl (C=O) groups is 1. The van der Waals surface area contributed by atoms with Gasteiger partial charge in [0.25, 0.3) is 5.91 Å². The van der Waals surface area contributed by atoms with Gasteiger partial charge < -0.3 is 4.42 Å². The number of nitrogens with zero attached hydrogens (tertiary/aromatic N) is 2. The number of hydrogen-bond acceptors (Lipinski definition) is 5. The molecule has 0 spiro atoms. The second kappa shape index (κ2) is 5.30. The van der Waals surface area contributed by atoms with E-state index in [9.17, 15) is 4.79 Å². The predicted molar refractivity (Wildman–Crippen MR) is 69.8 cm³/mol. The van der Waals surface area contributed by atoms with E-state index in [2.05, 4.69) is 29.4 Å². The second-order valence-corrected chi connectivity index (χ2v) is 5.53. The Balaban J connectivity index is 2.01. The van der Waals surface area contributed by atoms with Crippen LogP contribution in [-0.4, -0.2) is 16.1 Å². The highest BCUT2D eigenvalue weighted by Gasteiger charge is 2.13. The van der Waals surface area contributed by atoms with E-state index in [0.717, 1.165) is 11.4 Å². The summed E-state index contributed by atoms with van der Waals surface area (Å²) in [5, 5.41) is 12.1. The highest BCUT2D eigenvalue weighted by Crippen LogP contribution is 2.19. The van der Waals surface area contributed by atoms with E-state index in [4.69, 9.17) is 4.42 Å². The summed E-state index contributed by atoms with van der Waals surface area (Å²) in [5.41, 5.74) is 0. The van der Waals surface area contributed by atoms with Gasteiger partial charge in [0.05, 0.1) is 0 Å². The first-order chi connectivity index (χ1) is 8.54. The first kappa shape index (κ1) is 12.8. The summed E-state index contributed by atoms with van der Waals surface area (Å²) in [5.74, 6) is 1.22. The van der Waals surface area contributed by atoms with Gasteiger partial charge in [0, 0.05) is 6.42 Å². The summed E-state index contributed by atoms with van der Waals surface area (Å²) in [7, 11) is 0. The number of carbonyl (C=O) groups excluding carboxylic acids is 1. The fourth-order valence-electron chi connectivity index (χ4n) is 1.45. The fraction of sp³-hybridized carbons (Fsp3) is 0.417. The van der Waals surface area contributed by atoms with Crippen molar-refractivity contribution < 1.29 is 9.21 Å². The van der Waals surface area contributed by atoms with Crippen molar-refractivity contribution >= 4 is 22.4 Å². The Labute approximate surface area is 109 Å². The van der Waals surface area contributed by atoms with Crippen LogP contribution in [0, 0.1) is 12.8 Å². The van der Waals surface area contributed by atoms with Gasteiger partial charge in [0.2, 0.25) is 5.13 Å². The van der Waals surface area contributed by atoms with Gasteiger partial charge in [0.1, 0.15) is 10.8 Å². The maximum absolute atomic E-state index is 11.8. The largest absolute Gasteiger partial charge is 0.456 e. The Hall–Kier alpha value is -1.69. The lowest BCUT2D eigenvalue weighted by Gasteiger charge is -1.98. The van der Waals surface area contributed by atoms with Crippen LogP contribution < -0.4 is 5.32 Å². The van der Waals surface area contributed by atoms with Crippen LogP contribution in [0.3, 0.4) is 0 Å². The monoisotopic (exact) mass is 265 g/mol. The molecule has 0 radical (unpaired) electrons. The van der Waals surface area contributed by atoms with Gasteiger partial charge in [-0.2, -0.15) is 0 Å². The van der Waals surface area contributed by atoms with E-state index in [1.54, 1.807) is 19.1 Å². The van der Waals surface area contributed by atoms with Crippen LogP contribution in [0.2, 0.25) is 0 Å². The van der Waals surface area contributed by atoms with E-state index < -0.39 is 0 Å². The average molecular weight is 265 g/mol. The van der Waals surface area contributed by atoms with Gasteiger partial charge in [-0.3, -0.25) is 10.1 Å². The molecule has 0 saturated carbocycles. The van der Waals surface area contributed by atoms with Gasteiger partial charge in [-0.15, -0.1) is 10.2 Å². The van der Waals surface area contributed by atoms with E-state index in [1.807, 2.05) is 0 Å². The number of aryl methyl sites for hydroxylation is 1. The van der Waals surface area contributed by atoms with E-state index in [-0.39, 0.29) is 11.7 Å². The summed E-state index contributed by atoms with van der Waals surface area (Å²) >= 11 is 1.40. The van der Waals surface area contributed by atoms with Crippen LogP contribution in [0.15, 0.2) is 16.5 Å². The van der Waals surface area contributed by atoms with E-state index in [0.29, 0.717) is 16.8 Å². The Kier molecular flexibility index (Phi) is 3.76. The summed E-state index contributed by atoms with van der Waals surface area (Å²) in [4.78, 5) is 11.8. The Morgan fingerprint density at radius 1 is 1.44 bits per heavy atom. The molecule has 0 unspecified atom stereocenters. The van der Waals surface area contributed by atoms with Crippen molar-refractivity contribution in [3.05, 3.63) is 28.7 Å². The summed E-state index contributed by atoms with van der Waals surface area (Å²) in [6.07, 6.45) is 0.868. The van der Waals surface area contributed by atoms with Crippen molar-refractivity contribution in [2.24, 2.45) is 5.92 Å². The number of aromatic nitrogens is 2. The maximum atomic E-state index is 11.8. The third-order valence-corrected chi connectivity index (χ3v) is 3.10. The minimum atomic E-state index is -0.296. The third kappa shape index (κ3) is 3.16. The molecular formula is C12H15N3O2S. The van der Waals surface area contributed by atoms with Crippen molar-refractivity contribution in [3.8, 4) is 0 Å². The van der Waals surface area contributed by atoms with Gasteiger partial charge in [0.15, 0.2) is 5.76 Å². The zero-order valence-electron chi connectivity index (χ0n) is 10.6. The van der Waals surface area contributed by atoms with Gasteiger partial charge >= 0.3 is 0 Å². The van der Waals surface area contributed by atoms with Crippen molar-refractivity contribution in [2.75, 3.05) is 5.32 Å². The quantitative estimate of drug-likeness (QED) is 0.923. The minimum Gasteiger partial charge on any atom is -0.456 e. The topological polar surface area (TPSA) is 68.0 Å². The van der Waals surface area contributed by atoms with Crippen LogP contribution >= 0.6 is 11.3 Å². The molecule has 6 heteroatoms. The number of hydrogen-bond donors (Lipinski definition) is 1. The molecule has 2 aromatic heterocycles. The number of furan rings is 1. The summed E-state index contributed by atoms with van der Waals surface area (Å²) < 4.78 is 5.23. The Bertz CT molecular complexity index is 545. The zero-order valence-corrected chi connectivity index (χ0v) is 11.4. The molecule has 5 nitrogen and oxygen atoms in total. The first-order valence-electron chi connectivity index (χ1n) is 5.75. The number of nitrogens with one attached hydrogen (secondary N) is 1. The molecule has 0 fully saturated rings. The van der Waals surface area contributed by atoms with E-state index >= 15 is 0 Å². The zero-order chi connectivity index (χ0) is 13.1. The number of anilines is 1. The SMILES string of the molecule is Cc1ccc(C(=O)Nc2nnc(CC(C)C)s2)o1. The number of amides is 1. The second-order valence-electron chi connectivity index (χ2n) is 4.46. The summed E-state index contributed by atoms with van der Waals surface area (Å²) in [6.45, 7) is 6.03. The summed E-state index contributed by atoms with van der Waals surface area (Å²) in [6, 6.07) is 3.39. The highest BCUT2D eigenvalue weighted by molar-refractivity contribution is 7.15. The lowest BCUT2D eigenvalue weighted by molar-refractivity contribution is 0.0995. The molecule has 18 heavy (non-hydrogen) atoms. The minimum absolute atomic E-state index is 0.285. The lowest BCUT2D eigenvalue weighted by Crippen LogP contribution is -2.10. The molecule has 1 N–H and O–H groups in total.